The summed E-state index contributed by atoms with van der Waals surface area (Å²) in [4.78, 5) is 31.4. The first kappa shape index (κ1) is 31.4. The van der Waals surface area contributed by atoms with Crippen LogP contribution in [0.2, 0.25) is 0 Å². The number of methoxy groups -OCH3 is 1. The molecule has 3 aromatic carbocycles. The number of hydrogen-bond donors (Lipinski definition) is 3. The van der Waals surface area contributed by atoms with Crippen molar-refractivity contribution < 1.29 is 60.8 Å². The molecule has 3 N–H and O–H groups in total. The number of halogens is 3. The molecule has 0 saturated carbocycles. The Morgan fingerprint density at radius 2 is 1.05 bits per heavy atom. The molecule has 0 aromatic heterocycles. The first-order valence-electron chi connectivity index (χ1n) is 10.0. The third kappa shape index (κ3) is 10.2. The third-order valence-electron chi connectivity index (χ3n) is 4.20. The molecule has 0 aliphatic rings. The number of carboxylic acids is 3. The van der Waals surface area contributed by atoms with E-state index >= 15 is 0 Å². The molecule has 0 atom stereocenters. The lowest BCUT2D eigenvalue weighted by Crippen LogP contribution is -2.18. The van der Waals surface area contributed by atoms with Gasteiger partial charge in [0.15, 0.2) is 9.84 Å². The van der Waals surface area contributed by atoms with Gasteiger partial charge in [0.25, 0.3) is 0 Å². The molecule has 0 bridgehead atoms. The lowest BCUT2D eigenvalue weighted by Gasteiger charge is -2.10. The quantitative estimate of drug-likeness (QED) is 0.393. The van der Waals surface area contributed by atoms with Gasteiger partial charge in [-0.25, -0.2) is 22.8 Å². The Morgan fingerprint density at radius 1 is 0.684 bits per heavy atom. The average molecular weight is 558 g/mol. The second-order valence-electron chi connectivity index (χ2n) is 6.93. The summed E-state index contributed by atoms with van der Waals surface area (Å²) in [5.74, 6) is -4.00. The van der Waals surface area contributed by atoms with E-state index in [0.29, 0.717) is 5.75 Å². The zero-order valence-electron chi connectivity index (χ0n) is 19.7. The maximum atomic E-state index is 11.8. The van der Waals surface area contributed by atoms with Crippen molar-refractivity contribution in [1.29, 1.82) is 0 Å². The summed E-state index contributed by atoms with van der Waals surface area (Å²) in [6.45, 7) is 0. The molecule has 0 radical (unpaired) electrons. The van der Waals surface area contributed by atoms with Crippen LogP contribution < -0.4 is 9.47 Å². The summed E-state index contributed by atoms with van der Waals surface area (Å²) in [7, 11) is -2.01. The van der Waals surface area contributed by atoms with Gasteiger partial charge in [0.2, 0.25) is 0 Å². The predicted molar refractivity (Wildman–Crippen MR) is 127 cm³/mol. The van der Waals surface area contributed by atoms with E-state index in [0.717, 1.165) is 18.4 Å². The molecule has 0 unspecified atom stereocenters. The molecule has 10 nitrogen and oxygen atoms in total. The highest BCUT2D eigenvalue weighted by Crippen LogP contribution is 2.26. The second kappa shape index (κ2) is 13.6. The zero-order chi connectivity index (χ0) is 29.1. The van der Waals surface area contributed by atoms with E-state index in [9.17, 15) is 36.0 Å². The smallest absolute Gasteiger partial charge is 0.496 e. The summed E-state index contributed by atoms with van der Waals surface area (Å²) in [5.41, 5.74) is -0.523. The highest BCUT2D eigenvalue weighted by Gasteiger charge is 2.32. The fraction of sp³-hybridized carbons (Fsp3) is 0.125. The van der Waals surface area contributed by atoms with E-state index in [-0.39, 0.29) is 16.0 Å². The van der Waals surface area contributed by atoms with Crippen LogP contribution in [-0.4, -0.2) is 61.4 Å². The van der Waals surface area contributed by atoms with Crippen LogP contribution in [0.3, 0.4) is 0 Å². The number of ether oxygens (including phenoxy) is 2. The number of alkyl halides is 3. The Morgan fingerprint density at radius 3 is 1.39 bits per heavy atom. The van der Waals surface area contributed by atoms with Crippen LogP contribution in [0.1, 0.15) is 31.1 Å². The van der Waals surface area contributed by atoms with Crippen LogP contribution in [0.5, 0.6) is 11.5 Å². The molecule has 0 aliphatic heterocycles. The molecule has 0 aliphatic carbocycles. The first-order valence-corrected chi connectivity index (χ1v) is 11.9. The highest BCUT2D eigenvalue weighted by molar-refractivity contribution is 7.90. The largest absolute Gasteiger partial charge is 0.573 e. The van der Waals surface area contributed by atoms with Crippen molar-refractivity contribution in [2.24, 2.45) is 0 Å². The Balaban J connectivity index is 0.000000287. The average Bonchev–Trinajstić information content (AvgIpc) is 2.83. The van der Waals surface area contributed by atoms with Crippen molar-refractivity contribution in [3.05, 3.63) is 89.5 Å². The van der Waals surface area contributed by atoms with Gasteiger partial charge in [-0.2, -0.15) is 0 Å². The topological polar surface area (TPSA) is 164 Å². The van der Waals surface area contributed by atoms with Crippen LogP contribution in [0.15, 0.2) is 77.7 Å². The van der Waals surface area contributed by atoms with Crippen LogP contribution in [0.25, 0.3) is 0 Å². The molecular formula is C24H21F3O10S. The van der Waals surface area contributed by atoms with E-state index in [1.54, 1.807) is 18.2 Å². The standard InChI is InChI=1S/C8H5F3O3.C8H8O4S.C8H8O3/c9-8(10,11)14-6-4-2-1-3-5(6)7(12)13;1-13(11,12)7-5-3-2-4-6(7)8(9)10;1-11-7-5-3-2-4-6(7)8(9)10/h1-4H,(H,12,13);2-5H,1H3,(H,9,10);2-5H,1H3,(H,9,10). The molecule has 14 heteroatoms. The Bertz CT molecular complexity index is 1390. The minimum absolute atomic E-state index is 0.150. The maximum Gasteiger partial charge on any atom is 0.573 e. The van der Waals surface area contributed by atoms with Gasteiger partial charge in [-0.3, -0.25) is 0 Å². The first-order chi connectivity index (χ1) is 17.6. The molecule has 0 fully saturated rings. The van der Waals surface area contributed by atoms with E-state index in [4.69, 9.17) is 20.1 Å². The second-order valence-corrected chi connectivity index (χ2v) is 8.91. The van der Waals surface area contributed by atoms with Gasteiger partial charge in [-0.1, -0.05) is 36.4 Å². The lowest BCUT2D eigenvalue weighted by molar-refractivity contribution is -0.274. The number of carboxylic acid groups (broad SMARTS) is 3. The minimum atomic E-state index is -4.88. The van der Waals surface area contributed by atoms with Crippen LogP contribution in [-0.2, 0) is 9.84 Å². The molecule has 0 amide bonds. The third-order valence-corrected chi connectivity index (χ3v) is 5.35. The van der Waals surface area contributed by atoms with E-state index in [1.165, 1.54) is 49.6 Å². The fourth-order valence-electron chi connectivity index (χ4n) is 2.64. The molecule has 3 aromatic rings. The van der Waals surface area contributed by atoms with Gasteiger partial charge < -0.3 is 24.8 Å². The summed E-state index contributed by atoms with van der Waals surface area (Å²) >= 11 is 0. The SMILES string of the molecule is COc1ccccc1C(=O)O.CS(=O)(=O)c1ccccc1C(=O)O.O=C(O)c1ccccc1OC(F)(F)F. The molecule has 38 heavy (non-hydrogen) atoms. The van der Waals surface area contributed by atoms with Gasteiger partial charge in [0, 0.05) is 6.26 Å². The number of rotatable bonds is 6. The van der Waals surface area contributed by atoms with Crippen LogP contribution in [0, 0.1) is 0 Å². The molecule has 204 valence electrons. The number of aromatic carboxylic acids is 3. The number of hydrogen-bond acceptors (Lipinski definition) is 7. The van der Waals surface area contributed by atoms with E-state index in [1.807, 2.05) is 0 Å². The number of sulfone groups is 1. The summed E-state index contributed by atoms with van der Waals surface area (Å²) in [5, 5.41) is 25.8. The monoisotopic (exact) mass is 558 g/mol. The molecule has 3 rings (SSSR count). The van der Waals surface area contributed by atoms with Crippen molar-refractivity contribution in [2.45, 2.75) is 11.3 Å². The lowest BCUT2D eigenvalue weighted by atomic mass is 10.2. The number of carbonyl (C=O) groups is 3. The highest BCUT2D eigenvalue weighted by atomic mass is 32.2. The van der Waals surface area contributed by atoms with Gasteiger partial charge in [-0.05, 0) is 36.4 Å². The molecule has 0 saturated heterocycles. The Labute approximate surface area is 214 Å². The number of benzene rings is 3. The van der Waals surface area contributed by atoms with Gasteiger partial charge >= 0.3 is 24.3 Å². The van der Waals surface area contributed by atoms with Crippen molar-refractivity contribution in [3.63, 3.8) is 0 Å². The zero-order valence-corrected chi connectivity index (χ0v) is 20.5. The molecular weight excluding hydrogens is 537 g/mol. The van der Waals surface area contributed by atoms with Gasteiger partial charge in [0.05, 0.1) is 17.6 Å². The number of para-hydroxylation sites is 2. The van der Waals surface area contributed by atoms with Crippen LogP contribution in [0.4, 0.5) is 13.2 Å². The van der Waals surface area contributed by atoms with Gasteiger partial charge in [0.1, 0.15) is 22.6 Å². The summed E-state index contributed by atoms with van der Waals surface area (Å²) in [6.07, 6.45) is -3.90. The maximum absolute atomic E-state index is 11.8. The van der Waals surface area contributed by atoms with Crippen molar-refractivity contribution in [3.8, 4) is 11.5 Å². The summed E-state index contributed by atoms with van der Waals surface area (Å²) in [6, 6.07) is 16.6. The van der Waals surface area contributed by atoms with E-state index < -0.39 is 45.4 Å². The predicted octanol–water partition coefficient (Wildman–Crippen LogP) is 4.47. The van der Waals surface area contributed by atoms with Crippen LogP contribution >= 0.6 is 0 Å². The normalized spacial score (nSPS) is 10.6. The molecule has 0 heterocycles. The van der Waals surface area contributed by atoms with E-state index in [2.05, 4.69) is 4.74 Å². The van der Waals surface area contributed by atoms with Crippen molar-refractivity contribution >= 4 is 27.7 Å². The van der Waals surface area contributed by atoms with Crippen molar-refractivity contribution in [2.75, 3.05) is 13.4 Å². The van der Waals surface area contributed by atoms with Crippen molar-refractivity contribution in [1.82, 2.24) is 0 Å². The summed E-state index contributed by atoms with van der Waals surface area (Å²) < 4.78 is 65.8. The Hall–Kier alpha value is -4.59. The van der Waals surface area contributed by atoms with Gasteiger partial charge in [-0.15, -0.1) is 13.2 Å². The molecule has 0 spiro atoms. The Kier molecular flexibility index (Phi) is 11.3. The minimum Gasteiger partial charge on any atom is -0.496 e. The fourth-order valence-corrected chi connectivity index (χ4v) is 3.53.